The zero-order valence-electron chi connectivity index (χ0n) is 8.39. The minimum Gasteiger partial charge on any atom is -0.304 e. The predicted octanol–water partition coefficient (Wildman–Crippen LogP) is 1.09. The van der Waals surface area contributed by atoms with Crippen LogP contribution >= 0.6 is 7.82 Å². The highest BCUT2D eigenvalue weighted by Gasteiger charge is 2.19. The molecule has 5 nitrogen and oxygen atoms in total. The van der Waals surface area contributed by atoms with E-state index in [1.54, 1.807) is 6.92 Å². The van der Waals surface area contributed by atoms with Crippen molar-refractivity contribution in [3.8, 4) is 0 Å². The Balaban J connectivity index is 3.57. The van der Waals surface area contributed by atoms with Crippen molar-refractivity contribution < 1.29 is 18.5 Å². The fourth-order valence-electron chi connectivity index (χ4n) is 0.671. The Morgan fingerprint density at radius 2 is 2.00 bits per heavy atom. The summed E-state index contributed by atoms with van der Waals surface area (Å²) < 4.78 is 20.2. The summed E-state index contributed by atoms with van der Waals surface area (Å²) in [5, 5.41) is 0. The Kier molecular flexibility index (Phi) is 6.55. The van der Waals surface area contributed by atoms with Crippen LogP contribution in [0.15, 0.2) is 0 Å². The molecule has 0 aromatic rings. The van der Waals surface area contributed by atoms with Crippen LogP contribution in [0.3, 0.4) is 0 Å². The topological polar surface area (TPSA) is 59.0 Å². The SMILES string of the molecule is CCOP(=O)(O)OCCN(C)CC. The van der Waals surface area contributed by atoms with E-state index in [0.29, 0.717) is 6.54 Å². The largest absolute Gasteiger partial charge is 0.472 e. The van der Waals surface area contributed by atoms with Gasteiger partial charge in [-0.1, -0.05) is 6.92 Å². The van der Waals surface area contributed by atoms with Gasteiger partial charge in [-0.05, 0) is 20.5 Å². The van der Waals surface area contributed by atoms with Gasteiger partial charge in [0.05, 0.1) is 13.2 Å². The average molecular weight is 211 g/mol. The molecule has 0 radical (unpaired) electrons. The molecule has 0 bridgehead atoms. The first kappa shape index (κ1) is 13.1. The lowest BCUT2D eigenvalue weighted by Gasteiger charge is -2.15. The number of hydrogen-bond donors (Lipinski definition) is 1. The summed E-state index contributed by atoms with van der Waals surface area (Å²) in [6.45, 7) is 5.53. The third kappa shape index (κ3) is 7.16. The molecule has 0 saturated carbocycles. The summed E-state index contributed by atoms with van der Waals surface area (Å²) >= 11 is 0. The molecule has 0 fully saturated rings. The quantitative estimate of drug-likeness (QED) is 0.639. The summed E-state index contributed by atoms with van der Waals surface area (Å²) in [7, 11) is -1.88. The first-order valence-electron chi connectivity index (χ1n) is 4.32. The molecule has 1 atom stereocenters. The van der Waals surface area contributed by atoms with E-state index in [0.717, 1.165) is 6.54 Å². The lowest BCUT2D eigenvalue weighted by atomic mass is 10.6. The van der Waals surface area contributed by atoms with E-state index in [9.17, 15) is 4.57 Å². The second-order valence-electron chi connectivity index (χ2n) is 2.62. The molecule has 0 aliphatic heterocycles. The summed E-state index contributed by atoms with van der Waals surface area (Å²) in [5.41, 5.74) is 0. The highest BCUT2D eigenvalue weighted by Crippen LogP contribution is 2.42. The van der Waals surface area contributed by atoms with E-state index in [-0.39, 0.29) is 13.2 Å². The van der Waals surface area contributed by atoms with Gasteiger partial charge in [0.1, 0.15) is 0 Å². The second kappa shape index (κ2) is 6.51. The molecule has 0 aromatic carbocycles. The molecule has 0 rings (SSSR count). The van der Waals surface area contributed by atoms with Gasteiger partial charge in [0.15, 0.2) is 0 Å². The van der Waals surface area contributed by atoms with Crippen molar-refractivity contribution in [3.63, 3.8) is 0 Å². The van der Waals surface area contributed by atoms with E-state index in [4.69, 9.17) is 4.89 Å². The maximum absolute atomic E-state index is 11.0. The van der Waals surface area contributed by atoms with Gasteiger partial charge in [-0.2, -0.15) is 0 Å². The number of likely N-dealkylation sites (N-methyl/N-ethyl adjacent to an activating group) is 1. The summed E-state index contributed by atoms with van der Waals surface area (Å²) in [5.74, 6) is 0. The Hall–Kier alpha value is 0.0700. The fraction of sp³-hybridized carbons (Fsp3) is 1.00. The van der Waals surface area contributed by atoms with Gasteiger partial charge >= 0.3 is 7.82 Å². The van der Waals surface area contributed by atoms with Crippen molar-refractivity contribution in [1.29, 1.82) is 0 Å². The van der Waals surface area contributed by atoms with Crippen LogP contribution in [0.2, 0.25) is 0 Å². The third-order valence-corrected chi connectivity index (χ3v) is 2.65. The lowest BCUT2D eigenvalue weighted by Crippen LogP contribution is -2.22. The molecular weight excluding hydrogens is 193 g/mol. The number of hydrogen-bond acceptors (Lipinski definition) is 4. The van der Waals surface area contributed by atoms with E-state index in [1.807, 2.05) is 18.9 Å². The molecule has 1 unspecified atom stereocenters. The van der Waals surface area contributed by atoms with Gasteiger partial charge in [-0.15, -0.1) is 0 Å². The maximum atomic E-state index is 11.0. The van der Waals surface area contributed by atoms with E-state index < -0.39 is 7.82 Å². The Morgan fingerprint density at radius 3 is 2.46 bits per heavy atom. The van der Waals surface area contributed by atoms with E-state index in [1.165, 1.54) is 0 Å². The average Bonchev–Trinajstić information content (AvgIpc) is 2.03. The van der Waals surface area contributed by atoms with Crippen LogP contribution in [-0.4, -0.2) is 43.1 Å². The fourth-order valence-corrected chi connectivity index (χ4v) is 1.38. The highest BCUT2D eigenvalue weighted by molar-refractivity contribution is 7.47. The van der Waals surface area contributed by atoms with Gasteiger partial charge in [-0.25, -0.2) is 4.57 Å². The molecule has 0 spiro atoms. The van der Waals surface area contributed by atoms with Crippen LogP contribution in [0.1, 0.15) is 13.8 Å². The van der Waals surface area contributed by atoms with E-state index >= 15 is 0 Å². The number of phosphoric acid groups is 1. The molecule has 80 valence electrons. The molecule has 0 aliphatic carbocycles. The number of nitrogens with zero attached hydrogens (tertiary/aromatic N) is 1. The van der Waals surface area contributed by atoms with Crippen LogP contribution in [0, 0.1) is 0 Å². The van der Waals surface area contributed by atoms with Gasteiger partial charge in [0.2, 0.25) is 0 Å². The lowest BCUT2D eigenvalue weighted by molar-refractivity contribution is 0.142. The molecular formula is C7H18NO4P. The molecule has 0 aromatic heterocycles. The van der Waals surface area contributed by atoms with Crippen LogP contribution in [0.4, 0.5) is 0 Å². The molecule has 0 saturated heterocycles. The normalized spacial score (nSPS) is 16.1. The molecule has 13 heavy (non-hydrogen) atoms. The van der Waals surface area contributed by atoms with Crippen LogP contribution in [-0.2, 0) is 13.6 Å². The molecule has 1 N–H and O–H groups in total. The van der Waals surface area contributed by atoms with Crippen LogP contribution < -0.4 is 0 Å². The first-order valence-corrected chi connectivity index (χ1v) is 5.81. The van der Waals surface area contributed by atoms with Gasteiger partial charge in [0.25, 0.3) is 0 Å². The van der Waals surface area contributed by atoms with Gasteiger partial charge in [-0.3, -0.25) is 9.05 Å². The third-order valence-electron chi connectivity index (χ3n) is 1.56. The van der Waals surface area contributed by atoms with Crippen LogP contribution in [0.5, 0.6) is 0 Å². The van der Waals surface area contributed by atoms with Crippen LogP contribution in [0.25, 0.3) is 0 Å². The maximum Gasteiger partial charge on any atom is 0.472 e. The summed E-state index contributed by atoms with van der Waals surface area (Å²) in [6.07, 6.45) is 0. The summed E-state index contributed by atoms with van der Waals surface area (Å²) in [6, 6.07) is 0. The Bertz CT molecular complexity index is 176. The highest BCUT2D eigenvalue weighted by atomic mass is 31.2. The smallest absolute Gasteiger partial charge is 0.304 e. The zero-order chi connectivity index (χ0) is 10.3. The molecule has 0 aliphatic rings. The van der Waals surface area contributed by atoms with Crippen molar-refractivity contribution in [3.05, 3.63) is 0 Å². The van der Waals surface area contributed by atoms with E-state index in [2.05, 4.69) is 9.05 Å². The minimum absolute atomic E-state index is 0.178. The number of phosphoric ester groups is 1. The second-order valence-corrected chi connectivity index (χ2v) is 4.07. The van der Waals surface area contributed by atoms with Crippen molar-refractivity contribution in [1.82, 2.24) is 4.90 Å². The monoisotopic (exact) mass is 211 g/mol. The van der Waals surface area contributed by atoms with Crippen molar-refractivity contribution >= 4 is 7.82 Å². The van der Waals surface area contributed by atoms with Crippen molar-refractivity contribution in [2.45, 2.75) is 13.8 Å². The van der Waals surface area contributed by atoms with Crippen molar-refractivity contribution in [2.75, 3.05) is 33.4 Å². The predicted molar refractivity (Wildman–Crippen MR) is 50.6 cm³/mol. The molecule has 0 heterocycles. The van der Waals surface area contributed by atoms with Gasteiger partial charge in [0, 0.05) is 6.54 Å². The summed E-state index contributed by atoms with van der Waals surface area (Å²) in [4.78, 5) is 11.0. The number of rotatable bonds is 7. The van der Waals surface area contributed by atoms with Crippen molar-refractivity contribution in [2.24, 2.45) is 0 Å². The Labute approximate surface area is 79.3 Å². The molecule has 6 heteroatoms. The minimum atomic E-state index is -3.79. The first-order chi connectivity index (χ1) is 6.02. The standard InChI is InChI=1S/C7H18NO4P/c1-4-8(3)6-7-12-13(9,10)11-5-2/h4-7H2,1-3H3,(H,9,10). The zero-order valence-corrected chi connectivity index (χ0v) is 9.29. The molecule has 0 amide bonds. The van der Waals surface area contributed by atoms with Gasteiger partial charge < -0.3 is 9.79 Å². The Morgan fingerprint density at radius 1 is 1.38 bits per heavy atom.